The summed E-state index contributed by atoms with van der Waals surface area (Å²) in [4.78, 5) is 12.3. The van der Waals surface area contributed by atoms with Crippen LogP contribution in [0.2, 0.25) is 0 Å². The number of nitrogens with zero attached hydrogens (tertiary/aromatic N) is 2. The Bertz CT molecular complexity index is 1100. The fourth-order valence-corrected chi connectivity index (χ4v) is 4.22. The predicted molar refractivity (Wildman–Crippen MR) is 124 cm³/mol. The molecule has 0 unspecified atom stereocenters. The minimum Gasteiger partial charge on any atom is -0.497 e. The second kappa shape index (κ2) is 8.98. The van der Waals surface area contributed by atoms with E-state index in [0.29, 0.717) is 12.1 Å². The van der Waals surface area contributed by atoms with Crippen LogP contribution in [0.4, 0.5) is 10.5 Å². The first-order chi connectivity index (χ1) is 14.9. The van der Waals surface area contributed by atoms with Crippen LogP contribution in [0.3, 0.4) is 0 Å². The van der Waals surface area contributed by atoms with Gasteiger partial charge < -0.3 is 9.47 Å². The minimum absolute atomic E-state index is 0.150. The highest BCUT2D eigenvalue weighted by Gasteiger charge is 2.28. The van der Waals surface area contributed by atoms with Crippen LogP contribution in [0, 0.1) is 13.8 Å². The lowest BCUT2D eigenvalue weighted by Crippen LogP contribution is -2.20. The summed E-state index contributed by atoms with van der Waals surface area (Å²) in [5.74, 6) is 0.961. The molecule has 0 radical (unpaired) electrons. The van der Waals surface area contributed by atoms with Crippen LogP contribution in [0.15, 0.2) is 65.2 Å². The van der Waals surface area contributed by atoms with E-state index in [-0.39, 0.29) is 12.0 Å². The first kappa shape index (κ1) is 21.2. The number of carbonyl (C=O) groups excluding carboxylic acids is 1. The Balaban J connectivity index is 1.43. The molecule has 1 N–H and O–H groups in total. The smallest absolute Gasteiger partial charge is 0.412 e. The number of rotatable bonds is 5. The lowest BCUT2D eigenvalue weighted by Gasteiger charge is -2.15. The summed E-state index contributed by atoms with van der Waals surface area (Å²) in [5.41, 5.74) is 4.90. The number of hydrogen-bond acceptors (Lipinski definition) is 4. The normalized spacial score (nSPS) is 17.5. The van der Waals surface area contributed by atoms with Gasteiger partial charge in [0.25, 0.3) is 0 Å². The quantitative estimate of drug-likeness (QED) is 0.459. The standard InChI is InChI=1S/C24H24BrN3O3/c1-15-23(16(2)28(27-15)20-9-12-21(30-3)13-10-20)17-4-11-22(14-17)31-24(29)26-19-7-5-18(25)6-8-19/h4-13,17,22H,14H2,1-3H3,(H,26,29)/t17-,22-/m1/s1. The summed E-state index contributed by atoms with van der Waals surface area (Å²) in [6.45, 7) is 4.09. The van der Waals surface area contributed by atoms with E-state index in [2.05, 4.69) is 34.2 Å². The van der Waals surface area contributed by atoms with Gasteiger partial charge in [-0.15, -0.1) is 0 Å². The maximum atomic E-state index is 12.3. The van der Waals surface area contributed by atoms with Crippen molar-refractivity contribution in [1.82, 2.24) is 9.78 Å². The molecular weight excluding hydrogens is 458 g/mol. The third-order valence-electron chi connectivity index (χ3n) is 5.43. The molecule has 3 aromatic rings. The van der Waals surface area contributed by atoms with E-state index in [0.717, 1.165) is 27.3 Å². The van der Waals surface area contributed by atoms with Gasteiger partial charge in [-0.25, -0.2) is 9.48 Å². The van der Waals surface area contributed by atoms with Gasteiger partial charge in [-0.3, -0.25) is 5.32 Å². The van der Waals surface area contributed by atoms with Gasteiger partial charge in [0.2, 0.25) is 0 Å². The predicted octanol–water partition coefficient (Wildman–Crippen LogP) is 5.92. The van der Waals surface area contributed by atoms with Gasteiger partial charge in [-0.05, 0) is 74.9 Å². The van der Waals surface area contributed by atoms with E-state index < -0.39 is 6.09 Å². The van der Waals surface area contributed by atoms with Gasteiger partial charge in [-0.1, -0.05) is 22.0 Å². The number of aromatic nitrogens is 2. The van der Waals surface area contributed by atoms with Crippen molar-refractivity contribution in [2.75, 3.05) is 12.4 Å². The second-order valence-corrected chi connectivity index (χ2v) is 8.41. The van der Waals surface area contributed by atoms with E-state index in [1.807, 2.05) is 66.2 Å². The number of nitrogens with one attached hydrogen (secondary N) is 1. The van der Waals surface area contributed by atoms with Gasteiger partial charge in [-0.2, -0.15) is 5.10 Å². The van der Waals surface area contributed by atoms with Gasteiger partial charge in [0.05, 0.1) is 18.5 Å². The number of anilines is 1. The number of aryl methyl sites for hydroxylation is 1. The molecule has 0 saturated heterocycles. The summed E-state index contributed by atoms with van der Waals surface area (Å²) in [6.07, 6.45) is 4.02. The summed E-state index contributed by atoms with van der Waals surface area (Å²) in [6, 6.07) is 15.2. The molecular formula is C24H24BrN3O3. The number of halogens is 1. The molecule has 2 aromatic carbocycles. The molecule has 0 bridgehead atoms. The molecule has 2 atom stereocenters. The summed E-state index contributed by atoms with van der Waals surface area (Å²) < 4.78 is 13.8. The van der Waals surface area contributed by atoms with Crippen molar-refractivity contribution >= 4 is 27.7 Å². The van der Waals surface area contributed by atoms with E-state index in [1.165, 1.54) is 5.56 Å². The third-order valence-corrected chi connectivity index (χ3v) is 5.96. The zero-order valence-corrected chi connectivity index (χ0v) is 19.2. The van der Waals surface area contributed by atoms with Gasteiger partial charge in [0, 0.05) is 27.3 Å². The molecule has 0 fully saturated rings. The Morgan fingerprint density at radius 2 is 1.81 bits per heavy atom. The zero-order valence-electron chi connectivity index (χ0n) is 17.6. The summed E-state index contributed by atoms with van der Waals surface area (Å²) >= 11 is 3.38. The molecule has 6 nitrogen and oxygen atoms in total. The molecule has 0 spiro atoms. The molecule has 31 heavy (non-hydrogen) atoms. The SMILES string of the molecule is COc1ccc(-n2nc(C)c([C@@H]3C=C[C@@H](OC(=O)Nc4ccc(Br)cc4)C3)c2C)cc1. The van der Waals surface area contributed by atoms with Crippen molar-refractivity contribution in [1.29, 1.82) is 0 Å². The molecule has 7 heteroatoms. The molecule has 1 aromatic heterocycles. The number of methoxy groups -OCH3 is 1. The van der Waals surface area contributed by atoms with Crippen molar-refractivity contribution < 1.29 is 14.3 Å². The van der Waals surface area contributed by atoms with E-state index in [9.17, 15) is 4.79 Å². The van der Waals surface area contributed by atoms with Crippen LogP contribution in [0.5, 0.6) is 5.75 Å². The largest absolute Gasteiger partial charge is 0.497 e. The van der Waals surface area contributed by atoms with Crippen molar-refractivity contribution in [2.45, 2.75) is 32.3 Å². The Morgan fingerprint density at radius 1 is 1.10 bits per heavy atom. The van der Waals surface area contributed by atoms with Crippen molar-refractivity contribution in [3.8, 4) is 11.4 Å². The molecule has 0 saturated carbocycles. The maximum Gasteiger partial charge on any atom is 0.412 e. The lowest BCUT2D eigenvalue weighted by molar-refractivity contribution is 0.132. The Labute approximate surface area is 190 Å². The van der Waals surface area contributed by atoms with E-state index in [4.69, 9.17) is 14.6 Å². The van der Waals surface area contributed by atoms with Gasteiger partial charge >= 0.3 is 6.09 Å². The minimum atomic E-state index is -0.458. The Kier molecular flexibility index (Phi) is 6.13. The zero-order chi connectivity index (χ0) is 22.0. The molecule has 1 amide bonds. The van der Waals surface area contributed by atoms with Crippen LogP contribution < -0.4 is 10.1 Å². The molecule has 0 aliphatic heterocycles. The van der Waals surface area contributed by atoms with Crippen LogP contribution in [0.25, 0.3) is 5.69 Å². The van der Waals surface area contributed by atoms with E-state index in [1.54, 1.807) is 7.11 Å². The topological polar surface area (TPSA) is 65.4 Å². The number of ether oxygens (including phenoxy) is 2. The first-order valence-electron chi connectivity index (χ1n) is 10.1. The number of benzene rings is 2. The van der Waals surface area contributed by atoms with Crippen LogP contribution in [-0.2, 0) is 4.74 Å². The number of hydrogen-bond donors (Lipinski definition) is 1. The average Bonchev–Trinajstić information content (AvgIpc) is 3.33. The fraction of sp³-hybridized carbons (Fsp3) is 0.250. The molecule has 1 aliphatic rings. The van der Waals surface area contributed by atoms with Gasteiger partial charge in [0.1, 0.15) is 11.9 Å². The molecule has 1 aliphatic carbocycles. The maximum absolute atomic E-state index is 12.3. The average molecular weight is 482 g/mol. The summed E-state index contributed by atoms with van der Waals surface area (Å²) in [7, 11) is 1.65. The second-order valence-electron chi connectivity index (χ2n) is 7.50. The van der Waals surface area contributed by atoms with Crippen LogP contribution in [0.1, 0.15) is 29.3 Å². The van der Waals surface area contributed by atoms with Crippen molar-refractivity contribution in [3.63, 3.8) is 0 Å². The van der Waals surface area contributed by atoms with E-state index >= 15 is 0 Å². The highest BCUT2D eigenvalue weighted by Crippen LogP contribution is 2.35. The van der Waals surface area contributed by atoms with Crippen LogP contribution in [-0.4, -0.2) is 29.1 Å². The monoisotopic (exact) mass is 481 g/mol. The number of amides is 1. The molecule has 160 valence electrons. The number of carbonyl (C=O) groups is 1. The molecule has 1 heterocycles. The Morgan fingerprint density at radius 3 is 2.48 bits per heavy atom. The van der Waals surface area contributed by atoms with Gasteiger partial charge in [0.15, 0.2) is 0 Å². The number of allylic oxidation sites excluding steroid dienone is 1. The van der Waals surface area contributed by atoms with Crippen molar-refractivity contribution in [3.05, 3.63) is 82.1 Å². The lowest BCUT2D eigenvalue weighted by atomic mass is 9.96. The summed E-state index contributed by atoms with van der Waals surface area (Å²) in [5, 5.41) is 7.51. The fourth-order valence-electron chi connectivity index (χ4n) is 3.95. The third kappa shape index (κ3) is 4.66. The molecule has 4 rings (SSSR count). The highest BCUT2D eigenvalue weighted by molar-refractivity contribution is 9.10. The first-order valence-corrected chi connectivity index (χ1v) is 10.9. The van der Waals surface area contributed by atoms with Crippen molar-refractivity contribution in [2.24, 2.45) is 0 Å². The Hall–Kier alpha value is -3.06. The van der Waals surface area contributed by atoms with Crippen LogP contribution >= 0.6 is 15.9 Å². The highest BCUT2D eigenvalue weighted by atomic mass is 79.9.